The molecule has 0 rings (SSSR count). The summed E-state index contributed by atoms with van der Waals surface area (Å²) >= 11 is 0. The van der Waals surface area contributed by atoms with Crippen LogP contribution in [0.15, 0.2) is 24.3 Å². The normalized spacial score (nSPS) is 10.6. The topological polar surface area (TPSA) is 0 Å². The third-order valence-electron chi connectivity index (χ3n) is 0.911. The van der Waals surface area contributed by atoms with Crippen molar-refractivity contribution in [3.63, 3.8) is 0 Å². The molecule has 0 saturated carbocycles. The Morgan fingerprint density at radius 3 is 1.20 bits per heavy atom. The molecule has 0 aliphatic rings. The van der Waals surface area contributed by atoms with Crippen molar-refractivity contribution >= 4 is 0 Å². The van der Waals surface area contributed by atoms with Gasteiger partial charge in [-0.05, 0) is 26.7 Å². The molecule has 60 valence electrons. The maximum Gasteiger partial charge on any atom is -0.0291 e. The van der Waals surface area contributed by atoms with E-state index >= 15 is 0 Å². The van der Waals surface area contributed by atoms with E-state index in [0.29, 0.717) is 0 Å². The summed E-state index contributed by atoms with van der Waals surface area (Å²) in [6, 6.07) is 0. The van der Waals surface area contributed by atoms with E-state index in [1.54, 1.807) is 0 Å². The molecule has 0 heterocycles. The lowest BCUT2D eigenvalue weighted by atomic mass is 10.2. The Balaban J connectivity index is 0. The zero-order valence-electron chi connectivity index (χ0n) is 7.89. The van der Waals surface area contributed by atoms with Crippen molar-refractivity contribution in [1.29, 1.82) is 0 Å². The summed E-state index contributed by atoms with van der Waals surface area (Å²) < 4.78 is 0. The molecule has 0 saturated heterocycles. The molecule has 0 aromatic rings. The van der Waals surface area contributed by atoms with Crippen LogP contribution in [0.3, 0.4) is 0 Å². The third-order valence-corrected chi connectivity index (χ3v) is 0.911. The van der Waals surface area contributed by atoms with E-state index in [9.17, 15) is 0 Å². The molecule has 0 bridgehead atoms. The fraction of sp³-hybridized carbons (Fsp3) is 0.600. The molecule has 0 unspecified atom stereocenters. The average molecular weight is 140 g/mol. The highest BCUT2D eigenvalue weighted by atomic mass is 13.8. The van der Waals surface area contributed by atoms with Gasteiger partial charge in [0.15, 0.2) is 0 Å². The van der Waals surface area contributed by atoms with Crippen LogP contribution in [0.25, 0.3) is 0 Å². The zero-order valence-corrected chi connectivity index (χ0v) is 7.89. The van der Waals surface area contributed by atoms with Crippen LogP contribution in [0.5, 0.6) is 0 Å². The number of allylic oxidation sites excluding steroid dienone is 4. The number of hydrogen-bond acceptors (Lipinski definition) is 0. The van der Waals surface area contributed by atoms with E-state index in [4.69, 9.17) is 0 Å². The van der Waals surface area contributed by atoms with Crippen molar-refractivity contribution in [3.8, 4) is 0 Å². The van der Waals surface area contributed by atoms with E-state index < -0.39 is 0 Å². The first kappa shape index (κ1) is 12.2. The smallest absolute Gasteiger partial charge is 0.0291 e. The monoisotopic (exact) mass is 140 g/mol. The van der Waals surface area contributed by atoms with Crippen LogP contribution >= 0.6 is 0 Å². The number of rotatable bonds is 1. The lowest BCUT2D eigenvalue weighted by molar-refractivity contribution is 0.830. The predicted molar refractivity (Wildman–Crippen MR) is 50.1 cm³/mol. The molecule has 0 heteroatoms. The first-order chi connectivity index (χ1) is 4.68. The fourth-order valence-electron chi connectivity index (χ4n) is 0.385. The summed E-state index contributed by atoms with van der Waals surface area (Å²) in [6.07, 6.45) is 8.24. The second-order valence-electron chi connectivity index (χ2n) is 2.44. The van der Waals surface area contributed by atoms with Gasteiger partial charge in [0.1, 0.15) is 0 Å². The first-order valence-electron chi connectivity index (χ1n) is 3.89. The van der Waals surface area contributed by atoms with Crippen molar-refractivity contribution in [1.82, 2.24) is 0 Å². The minimum Gasteiger partial charge on any atom is -0.0919 e. The molecule has 0 N–H and O–H groups in total. The Labute approximate surface area is 65.7 Å². The molecular formula is C10H20. The van der Waals surface area contributed by atoms with Gasteiger partial charge in [-0.1, -0.05) is 38.2 Å². The molecule has 0 atom stereocenters. The van der Waals surface area contributed by atoms with Crippen molar-refractivity contribution < 1.29 is 0 Å². The van der Waals surface area contributed by atoms with Gasteiger partial charge in [-0.15, -0.1) is 0 Å². The summed E-state index contributed by atoms with van der Waals surface area (Å²) in [5.74, 6) is 0.718. The largest absolute Gasteiger partial charge is 0.0919 e. The van der Waals surface area contributed by atoms with Crippen molar-refractivity contribution in [2.24, 2.45) is 5.92 Å². The number of hydrogen-bond donors (Lipinski definition) is 0. The van der Waals surface area contributed by atoms with E-state index in [1.165, 1.54) is 0 Å². The fourth-order valence-corrected chi connectivity index (χ4v) is 0.385. The summed E-state index contributed by atoms with van der Waals surface area (Å²) in [4.78, 5) is 0. The molecule has 0 amide bonds. The van der Waals surface area contributed by atoms with Gasteiger partial charge in [0, 0.05) is 0 Å². The van der Waals surface area contributed by atoms with Crippen LogP contribution in [0.2, 0.25) is 0 Å². The maximum atomic E-state index is 2.17. The molecule has 0 radical (unpaired) electrons. The Bertz CT molecular complexity index is 82.2. The minimum absolute atomic E-state index is 0.718. The molecule has 0 aliphatic carbocycles. The lowest BCUT2D eigenvalue weighted by Gasteiger charge is -1.86. The molecule has 0 aliphatic heterocycles. The minimum atomic E-state index is 0.718. The molecule has 0 aromatic heterocycles. The quantitative estimate of drug-likeness (QED) is 0.486. The molecule has 0 aromatic carbocycles. The molecule has 10 heavy (non-hydrogen) atoms. The third kappa shape index (κ3) is 25.9. The first-order valence-corrected chi connectivity index (χ1v) is 3.89. The molecule has 0 nitrogen and oxygen atoms in total. The van der Waals surface area contributed by atoms with Gasteiger partial charge in [0.2, 0.25) is 0 Å². The van der Waals surface area contributed by atoms with Gasteiger partial charge < -0.3 is 0 Å². The van der Waals surface area contributed by atoms with Gasteiger partial charge in [0.05, 0.1) is 0 Å². The molecule has 0 fully saturated rings. The van der Waals surface area contributed by atoms with Crippen LogP contribution in [-0.2, 0) is 0 Å². The Morgan fingerprint density at radius 2 is 1.20 bits per heavy atom. The summed E-state index contributed by atoms with van der Waals surface area (Å²) in [7, 11) is 0. The SMILES string of the molecule is CC=CC.CC=CC(C)C. The zero-order chi connectivity index (χ0) is 8.41. The van der Waals surface area contributed by atoms with E-state index in [2.05, 4.69) is 26.0 Å². The van der Waals surface area contributed by atoms with E-state index in [-0.39, 0.29) is 0 Å². The Hall–Kier alpha value is -0.520. The van der Waals surface area contributed by atoms with Crippen LogP contribution in [-0.4, -0.2) is 0 Å². The lowest BCUT2D eigenvalue weighted by Crippen LogP contribution is -1.73. The average Bonchev–Trinajstić information content (AvgIpc) is 1.89. The van der Waals surface area contributed by atoms with Gasteiger partial charge in [-0.3, -0.25) is 0 Å². The summed E-state index contributed by atoms with van der Waals surface area (Å²) in [5, 5.41) is 0. The second-order valence-corrected chi connectivity index (χ2v) is 2.44. The Kier molecular flexibility index (Phi) is 13.8. The highest BCUT2D eigenvalue weighted by Crippen LogP contribution is 1.90. The predicted octanol–water partition coefficient (Wildman–Crippen LogP) is 3.80. The van der Waals surface area contributed by atoms with Gasteiger partial charge in [-0.2, -0.15) is 0 Å². The van der Waals surface area contributed by atoms with Gasteiger partial charge >= 0.3 is 0 Å². The van der Waals surface area contributed by atoms with Crippen LogP contribution in [0, 0.1) is 5.92 Å². The van der Waals surface area contributed by atoms with Crippen molar-refractivity contribution in [2.75, 3.05) is 0 Å². The maximum absolute atomic E-state index is 2.17. The summed E-state index contributed by atoms with van der Waals surface area (Å²) in [6.45, 7) is 10.4. The van der Waals surface area contributed by atoms with Crippen molar-refractivity contribution in [2.45, 2.75) is 34.6 Å². The Morgan fingerprint density at radius 1 is 0.800 bits per heavy atom. The van der Waals surface area contributed by atoms with E-state index in [0.717, 1.165) is 5.92 Å². The molecule has 0 spiro atoms. The van der Waals surface area contributed by atoms with Crippen LogP contribution in [0.1, 0.15) is 34.6 Å². The van der Waals surface area contributed by atoms with Gasteiger partial charge in [-0.25, -0.2) is 0 Å². The van der Waals surface area contributed by atoms with Crippen molar-refractivity contribution in [3.05, 3.63) is 24.3 Å². The van der Waals surface area contributed by atoms with Gasteiger partial charge in [0.25, 0.3) is 0 Å². The molecular weight excluding hydrogens is 120 g/mol. The highest BCUT2D eigenvalue weighted by molar-refractivity contribution is 4.79. The van der Waals surface area contributed by atoms with Crippen LogP contribution in [0.4, 0.5) is 0 Å². The van der Waals surface area contributed by atoms with E-state index in [1.807, 2.05) is 32.9 Å². The second kappa shape index (κ2) is 11.3. The summed E-state index contributed by atoms with van der Waals surface area (Å²) in [5.41, 5.74) is 0. The highest BCUT2D eigenvalue weighted by Gasteiger charge is 1.76. The van der Waals surface area contributed by atoms with Crippen LogP contribution < -0.4 is 0 Å². The standard InChI is InChI=1S/C6H12.C4H8/c1-4-5-6(2)3;1-3-4-2/h4-6H,1-3H3;3-4H,1-2H3.